The fourth-order valence-electron chi connectivity index (χ4n) is 3.95. The Labute approximate surface area is 217 Å². The van der Waals surface area contributed by atoms with Crippen LogP contribution in [0.25, 0.3) is 0 Å². The molecule has 7 heteroatoms. The largest absolute Gasteiger partial charge is 0.389 e. The smallest absolute Gasteiger partial charge is 0.268 e. The van der Waals surface area contributed by atoms with Crippen LogP contribution in [0.5, 0.6) is 0 Å². The van der Waals surface area contributed by atoms with Gasteiger partial charge in [-0.3, -0.25) is 9.69 Å². The standard InChI is InChI=1S/C29H32N4O2S/c1-4-30-25-16-15-24(21(2)34)17-26(25)31-29-33(19-23-13-9-6-10-14-23)28(35)27(36-29)20-32(3)18-22-11-7-5-8-12-22/h5-17,20-21,30,34H,4,18-19H2,1-3H3/b27-20-,31-29?. The average Bonchev–Trinajstić information content (AvgIpc) is 3.15. The predicted octanol–water partition coefficient (Wildman–Crippen LogP) is 5.91. The Morgan fingerprint density at radius 1 is 1.06 bits per heavy atom. The lowest BCUT2D eigenvalue weighted by atomic mass is 10.1. The first-order valence-electron chi connectivity index (χ1n) is 12.1. The zero-order valence-electron chi connectivity index (χ0n) is 20.9. The second kappa shape index (κ2) is 11.9. The van der Waals surface area contributed by atoms with Gasteiger partial charge in [0.2, 0.25) is 0 Å². The van der Waals surface area contributed by atoms with E-state index in [4.69, 9.17) is 4.99 Å². The van der Waals surface area contributed by atoms with Crippen molar-refractivity contribution in [2.45, 2.75) is 33.0 Å². The van der Waals surface area contributed by atoms with Crippen molar-refractivity contribution in [3.8, 4) is 0 Å². The molecule has 186 valence electrons. The highest BCUT2D eigenvalue weighted by atomic mass is 32.2. The molecule has 2 N–H and O–H groups in total. The Bertz CT molecular complexity index is 1240. The fourth-order valence-corrected chi connectivity index (χ4v) is 4.98. The van der Waals surface area contributed by atoms with Gasteiger partial charge in [0.05, 0.1) is 28.9 Å². The van der Waals surface area contributed by atoms with Crippen LogP contribution >= 0.6 is 11.8 Å². The first-order valence-corrected chi connectivity index (χ1v) is 12.9. The number of aliphatic hydroxyl groups is 1. The van der Waals surface area contributed by atoms with Crippen molar-refractivity contribution in [2.24, 2.45) is 4.99 Å². The summed E-state index contributed by atoms with van der Waals surface area (Å²) < 4.78 is 0. The van der Waals surface area contributed by atoms with E-state index in [2.05, 4.69) is 17.4 Å². The van der Waals surface area contributed by atoms with Crippen LogP contribution in [-0.2, 0) is 17.9 Å². The number of nitrogens with one attached hydrogen (secondary N) is 1. The molecule has 1 saturated heterocycles. The van der Waals surface area contributed by atoms with Crippen LogP contribution in [0.2, 0.25) is 0 Å². The quantitative estimate of drug-likeness (QED) is 0.358. The molecule has 1 amide bonds. The number of hydrogen-bond donors (Lipinski definition) is 2. The molecule has 36 heavy (non-hydrogen) atoms. The summed E-state index contributed by atoms with van der Waals surface area (Å²) in [5.41, 5.74) is 4.54. The van der Waals surface area contributed by atoms with Gasteiger partial charge < -0.3 is 15.3 Å². The summed E-state index contributed by atoms with van der Waals surface area (Å²) in [6.07, 6.45) is 1.29. The highest BCUT2D eigenvalue weighted by Crippen LogP contribution is 2.37. The van der Waals surface area contributed by atoms with E-state index < -0.39 is 6.10 Å². The van der Waals surface area contributed by atoms with Gasteiger partial charge in [-0.25, -0.2) is 4.99 Å². The van der Waals surface area contributed by atoms with Gasteiger partial charge in [0.1, 0.15) is 0 Å². The van der Waals surface area contributed by atoms with Gasteiger partial charge in [-0.2, -0.15) is 0 Å². The molecule has 0 aromatic heterocycles. The summed E-state index contributed by atoms with van der Waals surface area (Å²) in [6, 6.07) is 25.8. The van der Waals surface area contributed by atoms with E-state index in [0.29, 0.717) is 28.8 Å². The van der Waals surface area contributed by atoms with E-state index in [0.717, 1.165) is 23.4 Å². The summed E-state index contributed by atoms with van der Waals surface area (Å²) in [5, 5.41) is 14.1. The van der Waals surface area contributed by atoms with E-state index in [-0.39, 0.29) is 5.91 Å². The van der Waals surface area contributed by atoms with E-state index in [9.17, 15) is 9.90 Å². The number of carbonyl (C=O) groups excluding carboxylic acids is 1. The minimum atomic E-state index is -0.611. The van der Waals surface area contributed by atoms with Crippen LogP contribution in [0.4, 0.5) is 11.4 Å². The Morgan fingerprint density at radius 2 is 1.72 bits per heavy atom. The van der Waals surface area contributed by atoms with Gasteiger partial charge in [-0.15, -0.1) is 0 Å². The van der Waals surface area contributed by atoms with Gasteiger partial charge in [-0.05, 0) is 54.4 Å². The highest BCUT2D eigenvalue weighted by molar-refractivity contribution is 8.18. The molecule has 0 saturated carbocycles. The van der Waals surface area contributed by atoms with Crippen LogP contribution in [0.15, 0.2) is 95.0 Å². The number of aliphatic imine (C=N–C) groups is 1. The SMILES string of the molecule is CCNc1ccc(C(C)O)cc1N=C1S/C(=C\N(C)Cc2ccccc2)C(=O)N1Cc1ccccc1. The number of anilines is 1. The van der Waals surface area contributed by atoms with Crippen molar-refractivity contribution in [1.82, 2.24) is 9.80 Å². The van der Waals surface area contributed by atoms with E-state index in [1.165, 1.54) is 17.3 Å². The summed E-state index contributed by atoms with van der Waals surface area (Å²) in [6.45, 7) is 5.62. The fraction of sp³-hybridized carbons (Fsp3) is 0.241. The minimum Gasteiger partial charge on any atom is -0.389 e. The van der Waals surface area contributed by atoms with Gasteiger partial charge in [-0.1, -0.05) is 66.7 Å². The monoisotopic (exact) mass is 500 g/mol. The lowest BCUT2D eigenvalue weighted by Crippen LogP contribution is -2.28. The lowest BCUT2D eigenvalue weighted by molar-refractivity contribution is -0.122. The molecule has 4 rings (SSSR count). The number of aliphatic hydroxyl groups excluding tert-OH is 1. The van der Waals surface area contributed by atoms with Gasteiger partial charge >= 0.3 is 0 Å². The molecular weight excluding hydrogens is 468 g/mol. The number of amidine groups is 1. The van der Waals surface area contributed by atoms with Gasteiger partial charge in [0, 0.05) is 26.3 Å². The van der Waals surface area contributed by atoms with Crippen LogP contribution < -0.4 is 5.32 Å². The maximum Gasteiger partial charge on any atom is 0.268 e. The number of rotatable bonds is 9. The van der Waals surface area contributed by atoms with Crippen LogP contribution in [-0.4, -0.2) is 39.6 Å². The van der Waals surface area contributed by atoms with Crippen molar-refractivity contribution in [3.05, 3.63) is 107 Å². The third-order valence-corrected chi connectivity index (χ3v) is 6.77. The number of benzene rings is 3. The summed E-state index contributed by atoms with van der Waals surface area (Å²) in [5.74, 6) is -0.0702. The van der Waals surface area contributed by atoms with Crippen molar-refractivity contribution in [2.75, 3.05) is 18.9 Å². The van der Waals surface area contributed by atoms with Gasteiger partial charge in [0.25, 0.3) is 5.91 Å². The average molecular weight is 501 g/mol. The molecule has 0 spiro atoms. The number of thioether (sulfide) groups is 1. The van der Waals surface area contributed by atoms with Crippen LogP contribution in [0.1, 0.15) is 36.6 Å². The second-order valence-corrected chi connectivity index (χ2v) is 9.76. The minimum absolute atomic E-state index is 0.0702. The van der Waals surface area contributed by atoms with Crippen molar-refractivity contribution >= 4 is 34.2 Å². The Balaban J connectivity index is 1.69. The Hall–Kier alpha value is -3.55. The molecule has 0 radical (unpaired) electrons. The normalized spacial score (nSPS) is 16.6. The predicted molar refractivity (Wildman–Crippen MR) is 149 cm³/mol. The van der Waals surface area contributed by atoms with Gasteiger partial charge in [0.15, 0.2) is 5.17 Å². The molecule has 3 aromatic carbocycles. The molecule has 1 heterocycles. The van der Waals surface area contributed by atoms with Crippen molar-refractivity contribution in [1.29, 1.82) is 0 Å². The topological polar surface area (TPSA) is 68.2 Å². The molecule has 3 aromatic rings. The third-order valence-electron chi connectivity index (χ3n) is 5.77. The molecule has 1 fully saturated rings. The zero-order valence-corrected chi connectivity index (χ0v) is 21.7. The zero-order chi connectivity index (χ0) is 25.5. The third kappa shape index (κ3) is 6.36. The van der Waals surface area contributed by atoms with Crippen LogP contribution in [0, 0.1) is 0 Å². The Kier molecular flexibility index (Phi) is 8.46. The Morgan fingerprint density at radius 3 is 2.36 bits per heavy atom. The summed E-state index contributed by atoms with van der Waals surface area (Å²) >= 11 is 1.38. The molecule has 6 nitrogen and oxygen atoms in total. The highest BCUT2D eigenvalue weighted by Gasteiger charge is 2.34. The molecule has 1 atom stereocenters. The van der Waals surface area contributed by atoms with Crippen molar-refractivity contribution in [3.63, 3.8) is 0 Å². The maximum atomic E-state index is 13.6. The number of amides is 1. The van der Waals surface area contributed by atoms with E-state index in [1.807, 2.05) is 91.8 Å². The molecule has 1 aliphatic rings. The molecular formula is C29H32N4O2S. The molecule has 0 aliphatic carbocycles. The van der Waals surface area contributed by atoms with Crippen molar-refractivity contribution < 1.29 is 9.90 Å². The van der Waals surface area contributed by atoms with Crippen LogP contribution in [0.3, 0.4) is 0 Å². The number of hydrogen-bond acceptors (Lipinski definition) is 6. The lowest BCUT2D eigenvalue weighted by Gasteiger charge is -2.17. The summed E-state index contributed by atoms with van der Waals surface area (Å²) in [4.78, 5) is 22.9. The second-order valence-electron chi connectivity index (χ2n) is 8.75. The number of nitrogens with zero attached hydrogens (tertiary/aromatic N) is 3. The van der Waals surface area contributed by atoms with E-state index >= 15 is 0 Å². The number of carbonyl (C=O) groups is 1. The van der Waals surface area contributed by atoms with E-state index in [1.54, 1.807) is 11.8 Å². The maximum absolute atomic E-state index is 13.6. The molecule has 1 aliphatic heterocycles. The molecule has 1 unspecified atom stereocenters. The molecule has 0 bridgehead atoms. The first-order chi connectivity index (χ1) is 17.4. The first kappa shape index (κ1) is 25.5. The summed E-state index contributed by atoms with van der Waals surface area (Å²) in [7, 11) is 1.97.